The summed E-state index contributed by atoms with van der Waals surface area (Å²) in [6.07, 6.45) is 2.92. The zero-order valence-corrected chi connectivity index (χ0v) is 24.3. The lowest BCUT2D eigenvalue weighted by Gasteiger charge is -2.10. The van der Waals surface area contributed by atoms with Crippen molar-refractivity contribution in [3.63, 3.8) is 0 Å². The highest BCUT2D eigenvalue weighted by Crippen LogP contribution is 2.21. The number of anilines is 2. The normalized spacial score (nSPS) is 11.4. The summed E-state index contributed by atoms with van der Waals surface area (Å²) < 4.78 is 4.57. The van der Waals surface area contributed by atoms with Crippen LogP contribution in [0.1, 0.15) is 53.1 Å². The molecule has 0 aliphatic carbocycles. The Hall–Kier alpha value is -4.71. The molecule has 3 amide bonds. The van der Waals surface area contributed by atoms with E-state index in [-0.39, 0.29) is 24.2 Å². The van der Waals surface area contributed by atoms with Gasteiger partial charge in [-0.05, 0) is 55.0 Å². The molecule has 1 atom stereocenters. The number of carbonyl (C=O) groups is 3. The minimum atomic E-state index is -0.512. The van der Waals surface area contributed by atoms with Gasteiger partial charge in [0.15, 0.2) is 5.82 Å². The van der Waals surface area contributed by atoms with Gasteiger partial charge >= 0.3 is 6.09 Å². The number of nitrogens with zero attached hydrogens (tertiary/aromatic N) is 4. The van der Waals surface area contributed by atoms with Gasteiger partial charge in [0, 0.05) is 13.0 Å². The Labute approximate surface area is 248 Å². The number of hydrogen-bond acceptors (Lipinski definition) is 9. The molecule has 11 nitrogen and oxygen atoms in total. The van der Waals surface area contributed by atoms with Crippen molar-refractivity contribution in [3.05, 3.63) is 94.1 Å². The van der Waals surface area contributed by atoms with Gasteiger partial charge in [-0.2, -0.15) is 5.10 Å². The van der Waals surface area contributed by atoms with Crippen molar-refractivity contribution in [3.8, 4) is 0 Å². The van der Waals surface area contributed by atoms with Crippen molar-refractivity contribution >= 4 is 40.2 Å². The van der Waals surface area contributed by atoms with Crippen molar-refractivity contribution in [1.29, 1.82) is 0 Å². The van der Waals surface area contributed by atoms with Crippen LogP contribution in [0, 0.1) is 0 Å². The first-order chi connectivity index (χ1) is 20.4. The largest absolute Gasteiger partial charge is 0.453 e. The highest BCUT2D eigenvalue weighted by atomic mass is 32.1. The second kappa shape index (κ2) is 15.3. The summed E-state index contributed by atoms with van der Waals surface area (Å²) in [4.78, 5) is 36.3. The summed E-state index contributed by atoms with van der Waals surface area (Å²) in [6.45, 7) is 2.18. The quantitative estimate of drug-likeness (QED) is 0.191. The third-order valence-electron chi connectivity index (χ3n) is 6.43. The molecule has 0 bridgehead atoms. The fraction of sp³-hybridized carbons (Fsp3) is 0.300. The minimum Gasteiger partial charge on any atom is -0.453 e. The number of carbonyl (C=O) groups excluding carboxylic acids is 3. The molecule has 0 saturated heterocycles. The number of alkyl carbamates (subject to hydrolysis) is 1. The molecule has 4 aromatic rings. The van der Waals surface area contributed by atoms with Crippen LogP contribution in [0.3, 0.4) is 0 Å². The summed E-state index contributed by atoms with van der Waals surface area (Å²) in [6, 6.07) is 20.6. The first kappa shape index (κ1) is 30.3. The van der Waals surface area contributed by atoms with Crippen molar-refractivity contribution in [2.24, 2.45) is 0 Å². The lowest BCUT2D eigenvalue weighted by Crippen LogP contribution is -2.22. The van der Waals surface area contributed by atoms with E-state index >= 15 is 0 Å². The molecule has 2 aromatic carbocycles. The standard InChI is InChI=1S/C30H33N7O4S/c1-20(23-11-4-3-5-12-23)28(39)33-29-37-36-27(42-29)14-7-6-13-24-15-16-25(35-34-24)32-26(38)18-21-9-8-10-22(17-21)19-31-30(40)41-2/h3-5,8-12,15-17,20H,6-7,13-14,18-19H2,1-2H3,(H,31,40)(H,32,35,38)(H,33,37,39)/t20-/m1/s1. The molecule has 2 aromatic heterocycles. The van der Waals surface area contributed by atoms with Gasteiger partial charge in [0.2, 0.25) is 16.9 Å². The van der Waals surface area contributed by atoms with Crippen molar-refractivity contribution in [1.82, 2.24) is 25.7 Å². The van der Waals surface area contributed by atoms with E-state index in [0.29, 0.717) is 17.5 Å². The van der Waals surface area contributed by atoms with Crippen molar-refractivity contribution in [2.75, 3.05) is 17.7 Å². The smallest absolute Gasteiger partial charge is 0.407 e. The van der Waals surface area contributed by atoms with Crippen LogP contribution in [0.5, 0.6) is 0 Å². The van der Waals surface area contributed by atoms with E-state index in [2.05, 4.69) is 41.1 Å². The van der Waals surface area contributed by atoms with Crippen molar-refractivity contribution < 1.29 is 19.1 Å². The molecular formula is C30H33N7O4S. The number of benzene rings is 2. The van der Waals surface area contributed by atoms with E-state index in [1.165, 1.54) is 18.4 Å². The number of aryl methyl sites for hydroxylation is 2. The Bertz CT molecular complexity index is 1480. The minimum absolute atomic E-state index is 0.110. The predicted molar refractivity (Wildman–Crippen MR) is 160 cm³/mol. The Morgan fingerprint density at radius 3 is 2.40 bits per heavy atom. The molecule has 12 heteroatoms. The molecule has 0 saturated carbocycles. The second-order valence-corrected chi connectivity index (χ2v) is 10.7. The number of aromatic nitrogens is 4. The van der Waals surface area contributed by atoms with Crippen LogP contribution >= 0.6 is 11.3 Å². The molecule has 42 heavy (non-hydrogen) atoms. The van der Waals surface area contributed by atoms with E-state index in [9.17, 15) is 14.4 Å². The third kappa shape index (κ3) is 9.44. The number of amides is 3. The first-order valence-electron chi connectivity index (χ1n) is 13.6. The van der Waals surface area contributed by atoms with Crippen LogP contribution in [0.2, 0.25) is 0 Å². The molecule has 4 rings (SSSR count). The fourth-order valence-corrected chi connectivity index (χ4v) is 4.91. The van der Waals surface area contributed by atoms with E-state index < -0.39 is 6.09 Å². The van der Waals surface area contributed by atoms with E-state index in [1.54, 1.807) is 6.07 Å². The summed E-state index contributed by atoms with van der Waals surface area (Å²) in [5, 5.41) is 26.3. The summed E-state index contributed by atoms with van der Waals surface area (Å²) in [5.74, 6) is -0.213. The molecule has 218 valence electrons. The van der Waals surface area contributed by atoms with E-state index in [0.717, 1.165) is 53.1 Å². The van der Waals surface area contributed by atoms with Gasteiger partial charge in [-0.25, -0.2) is 4.79 Å². The van der Waals surface area contributed by atoms with Gasteiger partial charge in [0.25, 0.3) is 0 Å². The number of unbranched alkanes of at least 4 members (excludes halogenated alkanes) is 1. The van der Waals surface area contributed by atoms with E-state index in [1.807, 2.05) is 67.6 Å². The number of ether oxygens (including phenoxy) is 1. The first-order valence-corrected chi connectivity index (χ1v) is 14.4. The molecule has 0 fully saturated rings. The number of nitrogens with one attached hydrogen (secondary N) is 3. The average molecular weight is 588 g/mol. The monoisotopic (exact) mass is 587 g/mol. The fourth-order valence-electron chi connectivity index (χ4n) is 4.12. The molecule has 0 aliphatic rings. The van der Waals surface area contributed by atoms with E-state index in [4.69, 9.17) is 0 Å². The second-order valence-electron chi connectivity index (χ2n) is 9.63. The van der Waals surface area contributed by atoms with Crippen LogP contribution in [0.15, 0.2) is 66.7 Å². The number of hydrogen-bond donors (Lipinski definition) is 3. The lowest BCUT2D eigenvalue weighted by atomic mass is 10.0. The molecule has 0 radical (unpaired) electrons. The molecule has 2 heterocycles. The highest BCUT2D eigenvalue weighted by Gasteiger charge is 2.17. The molecule has 0 aliphatic heterocycles. The SMILES string of the molecule is COC(=O)NCc1cccc(CC(=O)Nc2ccc(CCCCc3nnc(NC(=O)[C@H](C)c4ccccc4)s3)nn2)c1. The third-order valence-corrected chi connectivity index (χ3v) is 7.33. The van der Waals surface area contributed by atoms with Crippen LogP contribution < -0.4 is 16.0 Å². The maximum atomic E-state index is 12.5. The Morgan fingerprint density at radius 1 is 0.857 bits per heavy atom. The summed E-state index contributed by atoms with van der Waals surface area (Å²) >= 11 is 1.39. The Kier molecular flexibility index (Phi) is 11.0. The van der Waals surface area contributed by atoms with Gasteiger partial charge < -0.3 is 20.7 Å². The van der Waals surface area contributed by atoms with Gasteiger partial charge in [0.05, 0.1) is 25.1 Å². The van der Waals surface area contributed by atoms with Gasteiger partial charge in [-0.3, -0.25) is 9.59 Å². The maximum Gasteiger partial charge on any atom is 0.407 e. The zero-order valence-electron chi connectivity index (χ0n) is 23.5. The number of methoxy groups -OCH3 is 1. The summed E-state index contributed by atoms with van der Waals surface area (Å²) in [5.41, 5.74) is 3.46. The molecule has 3 N–H and O–H groups in total. The topological polar surface area (TPSA) is 148 Å². The van der Waals surface area contributed by atoms with Gasteiger partial charge in [-0.15, -0.1) is 15.3 Å². The predicted octanol–water partition coefficient (Wildman–Crippen LogP) is 4.67. The van der Waals surface area contributed by atoms with Gasteiger partial charge in [0.1, 0.15) is 5.01 Å². The molecule has 0 unspecified atom stereocenters. The number of rotatable bonds is 13. The highest BCUT2D eigenvalue weighted by molar-refractivity contribution is 7.15. The summed E-state index contributed by atoms with van der Waals surface area (Å²) in [7, 11) is 1.31. The van der Waals surface area contributed by atoms with Gasteiger partial charge in [-0.1, -0.05) is 65.9 Å². The average Bonchev–Trinajstić information content (AvgIpc) is 3.46. The Balaban J connectivity index is 1.16. The zero-order chi connectivity index (χ0) is 29.7. The van der Waals surface area contributed by atoms with Crippen molar-refractivity contribution in [2.45, 2.75) is 51.5 Å². The lowest BCUT2D eigenvalue weighted by molar-refractivity contribution is -0.117. The van der Waals surface area contributed by atoms with Crippen LogP contribution in [-0.2, 0) is 40.1 Å². The molecule has 0 spiro atoms. The molecular weight excluding hydrogens is 554 g/mol. The Morgan fingerprint density at radius 2 is 1.64 bits per heavy atom. The van der Waals surface area contributed by atoms with Crippen LogP contribution in [0.25, 0.3) is 0 Å². The maximum absolute atomic E-state index is 12.5. The van der Waals surface area contributed by atoms with Crippen LogP contribution in [0.4, 0.5) is 15.7 Å². The van der Waals surface area contributed by atoms with Crippen LogP contribution in [-0.4, -0.2) is 45.4 Å².